The molecule has 2 aromatic carbocycles. The summed E-state index contributed by atoms with van der Waals surface area (Å²) in [6.07, 6.45) is 0. The number of halogens is 3. The van der Waals surface area contributed by atoms with Gasteiger partial charge < -0.3 is 11.5 Å². The minimum Gasteiger partial charge on any atom is -0.399 e. The summed E-state index contributed by atoms with van der Waals surface area (Å²) in [5, 5.41) is 0. The Morgan fingerprint density at radius 3 is 2.11 bits per heavy atom. The van der Waals surface area contributed by atoms with E-state index in [0.717, 1.165) is 0 Å². The van der Waals surface area contributed by atoms with Crippen LogP contribution in [0.3, 0.4) is 0 Å². The lowest BCUT2D eigenvalue weighted by molar-refractivity contribution is 0.103. The molecule has 0 heterocycles. The van der Waals surface area contributed by atoms with Gasteiger partial charge in [0, 0.05) is 23.0 Å². The van der Waals surface area contributed by atoms with Crippen LogP contribution in [-0.4, -0.2) is 5.78 Å². The van der Waals surface area contributed by atoms with E-state index in [4.69, 9.17) is 11.5 Å². The maximum atomic E-state index is 13.5. The molecule has 0 saturated heterocycles. The van der Waals surface area contributed by atoms with Gasteiger partial charge in [-0.15, -0.1) is 0 Å². The van der Waals surface area contributed by atoms with Crippen LogP contribution in [0.5, 0.6) is 0 Å². The van der Waals surface area contributed by atoms with Gasteiger partial charge in [0.2, 0.25) is 0 Å². The van der Waals surface area contributed by atoms with Crippen molar-refractivity contribution in [3.63, 3.8) is 0 Å². The summed E-state index contributed by atoms with van der Waals surface area (Å²) in [6.45, 7) is 0. The number of hydrogen-bond donors (Lipinski definition) is 2. The zero-order valence-corrected chi connectivity index (χ0v) is 9.58. The molecule has 0 aliphatic rings. The molecular weight excluding hydrogens is 257 g/mol. The highest BCUT2D eigenvalue weighted by molar-refractivity contribution is 6.12. The normalized spacial score (nSPS) is 10.5. The van der Waals surface area contributed by atoms with Crippen molar-refractivity contribution < 1.29 is 18.0 Å². The van der Waals surface area contributed by atoms with Crippen molar-refractivity contribution >= 4 is 17.2 Å². The predicted molar refractivity (Wildman–Crippen MR) is 65.0 cm³/mol. The third-order valence-corrected chi connectivity index (χ3v) is 2.57. The topological polar surface area (TPSA) is 69.1 Å². The molecule has 2 aromatic rings. The molecule has 0 unspecified atom stereocenters. The molecule has 0 fully saturated rings. The van der Waals surface area contributed by atoms with Crippen molar-refractivity contribution in [2.45, 2.75) is 0 Å². The zero-order chi connectivity index (χ0) is 14.2. The molecule has 0 bridgehead atoms. The molecule has 0 atom stereocenters. The van der Waals surface area contributed by atoms with Crippen LogP contribution in [0.25, 0.3) is 0 Å². The molecule has 98 valence electrons. The Labute approximate surface area is 106 Å². The largest absolute Gasteiger partial charge is 0.399 e. The van der Waals surface area contributed by atoms with Crippen LogP contribution in [0.1, 0.15) is 15.9 Å². The second kappa shape index (κ2) is 4.64. The van der Waals surface area contributed by atoms with Gasteiger partial charge in [-0.25, -0.2) is 13.2 Å². The highest BCUT2D eigenvalue weighted by atomic mass is 19.2. The van der Waals surface area contributed by atoms with Crippen LogP contribution in [0, 0.1) is 17.5 Å². The number of ketones is 1. The van der Waals surface area contributed by atoms with Gasteiger partial charge in [-0.05, 0) is 24.3 Å². The summed E-state index contributed by atoms with van der Waals surface area (Å²) in [4.78, 5) is 12.0. The van der Waals surface area contributed by atoms with Crippen LogP contribution in [0.15, 0.2) is 30.3 Å². The Bertz CT molecular complexity index is 671. The molecule has 6 heteroatoms. The molecule has 0 saturated carbocycles. The van der Waals surface area contributed by atoms with Gasteiger partial charge in [-0.3, -0.25) is 4.79 Å². The highest BCUT2D eigenvalue weighted by Crippen LogP contribution is 2.22. The first kappa shape index (κ1) is 12.9. The molecule has 0 amide bonds. The fraction of sp³-hybridized carbons (Fsp3) is 0. The first-order valence-electron chi connectivity index (χ1n) is 5.24. The van der Waals surface area contributed by atoms with Crippen LogP contribution < -0.4 is 11.5 Å². The molecule has 0 spiro atoms. The zero-order valence-electron chi connectivity index (χ0n) is 9.58. The fourth-order valence-electron chi connectivity index (χ4n) is 1.63. The van der Waals surface area contributed by atoms with Crippen LogP contribution in [0.4, 0.5) is 24.5 Å². The monoisotopic (exact) mass is 266 g/mol. The van der Waals surface area contributed by atoms with Crippen molar-refractivity contribution in [1.29, 1.82) is 0 Å². The maximum absolute atomic E-state index is 13.5. The predicted octanol–water partition coefficient (Wildman–Crippen LogP) is 2.50. The minimum atomic E-state index is -1.36. The average molecular weight is 266 g/mol. The van der Waals surface area contributed by atoms with E-state index in [9.17, 15) is 18.0 Å². The summed E-state index contributed by atoms with van der Waals surface area (Å²) in [7, 11) is 0. The van der Waals surface area contributed by atoms with Gasteiger partial charge in [0.15, 0.2) is 17.4 Å². The number of hydrogen-bond acceptors (Lipinski definition) is 3. The Morgan fingerprint density at radius 1 is 0.842 bits per heavy atom. The molecule has 3 nitrogen and oxygen atoms in total. The van der Waals surface area contributed by atoms with Crippen molar-refractivity contribution in [2.75, 3.05) is 11.5 Å². The number of nitrogens with two attached hydrogens (primary N) is 2. The van der Waals surface area contributed by atoms with Gasteiger partial charge >= 0.3 is 0 Å². The average Bonchev–Trinajstić information content (AvgIpc) is 2.33. The van der Waals surface area contributed by atoms with Crippen molar-refractivity contribution in [3.05, 3.63) is 58.9 Å². The Hall–Kier alpha value is -2.50. The molecular formula is C13H9F3N2O. The van der Waals surface area contributed by atoms with Crippen LogP contribution in [-0.2, 0) is 0 Å². The van der Waals surface area contributed by atoms with E-state index in [1.54, 1.807) is 0 Å². The van der Waals surface area contributed by atoms with E-state index in [-0.39, 0.29) is 11.3 Å². The van der Waals surface area contributed by atoms with E-state index in [0.29, 0.717) is 17.8 Å². The fourth-order valence-corrected chi connectivity index (χ4v) is 1.63. The van der Waals surface area contributed by atoms with Crippen molar-refractivity contribution in [2.24, 2.45) is 0 Å². The molecule has 4 N–H and O–H groups in total. The van der Waals surface area contributed by atoms with Gasteiger partial charge in [-0.1, -0.05) is 0 Å². The van der Waals surface area contributed by atoms with Crippen molar-refractivity contribution in [1.82, 2.24) is 0 Å². The summed E-state index contributed by atoms with van der Waals surface area (Å²) < 4.78 is 39.3. The summed E-state index contributed by atoms with van der Waals surface area (Å²) >= 11 is 0. The second-order valence-electron chi connectivity index (χ2n) is 3.92. The lowest BCUT2D eigenvalue weighted by atomic mass is 10.0. The number of carbonyl (C=O) groups excluding carboxylic acids is 1. The first-order valence-corrected chi connectivity index (χ1v) is 5.24. The first-order chi connectivity index (χ1) is 8.90. The Kier molecular flexibility index (Phi) is 3.16. The molecule has 0 aromatic heterocycles. The van der Waals surface area contributed by atoms with Crippen LogP contribution in [0.2, 0.25) is 0 Å². The number of rotatable bonds is 2. The summed E-state index contributed by atoms with van der Waals surface area (Å²) in [6, 6.07) is 4.85. The minimum absolute atomic E-state index is 0.0286. The Balaban J connectivity index is 2.53. The molecule has 19 heavy (non-hydrogen) atoms. The number of carbonyl (C=O) groups is 1. The van der Waals surface area contributed by atoms with E-state index in [1.165, 1.54) is 18.2 Å². The van der Waals surface area contributed by atoms with E-state index in [2.05, 4.69) is 0 Å². The third kappa shape index (κ3) is 2.37. The molecule has 0 radical (unpaired) electrons. The number of nitrogen functional groups attached to an aromatic ring is 2. The summed E-state index contributed by atoms with van der Waals surface area (Å²) in [5.41, 5.74) is 10.8. The maximum Gasteiger partial charge on any atom is 0.198 e. The molecule has 0 aliphatic heterocycles. The third-order valence-electron chi connectivity index (χ3n) is 2.57. The van der Waals surface area contributed by atoms with E-state index >= 15 is 0 Å². The second-order valence-corrected chi connectivity index (χ2v) is 3.92. The number of anilines is 2. The SMILES string of the molecule is Nc1ccc(C(=O)c2cc(F)c(F)cc2F)c(N)c1. The van der Waals surface area contributed by atoms with E-state index < -0.39 is 28.8 Å². The van der Waals surface area contributed by atoms with Gasteiger partial charge in [0.1, 0.15) is 5.82 Å². The lowest BCUT2D eigenvalue weighted by Gasteiger charge is -2.07. The van der Waals surface area contributed by atoms with Crippen LogP contribution >= 0.6 is 0 Å². The van der Waals surface area contributed by atoms with E-state index in [1.807, 2.05) is 0 Å². The van der Waals surface area contributed by atoms with Crippen molar-refractivity contribution in [3.8, 4) is 0 Å². The molecule has 0 aliphatic carbocycles. The lowest BCUT2D eigenvalue weighted by Crippen LogP contribution is -2.09. The smallest absolute Gasteiger partial charge is 0.198 e. The van der Waals surface area contributed by atoms with Gasteiger partial charge in [0.25, 0.3) is 0 Å². The standard InChI is InChI=1S/C13H9F3N2O/c14-9-5-11(16)10(15)4-8(9)13(19)7-2-1-6(17)3-12(7)18/h1-5H,17-18H2. The quantitative estimate of drug-likeness (QED) is 0.498. The highest BCUT2D eigenvalue weighted by Gasteiger charge is 2.19. The summed E-state index contributed by atoms with van der Waals surface area (Å²) in [5.74, 6) is -4.66. The molecule has 2 rings (SSSR count). The van der Waals surface area contributed by atoms with Gasteiger partial charge in [-0.2, -0.15) is 0 Å². The number of benzene rings is 2. The van der Waals surface area contributed by atoms with Gasteiger partial charge in [0.05, 0.1) is 5.56 Å². The Morgan fingerprint density at radius 2 is 1.47 bits per heavy atom.